The third-order valence-corrected chi connectivity index (χ3v) is 11.5. The van der Waals surface area contributed by atoms with Gasteiger partial charge in [0.25, 0.3) is 10.0 Å². The Kier molecular flexibility index (Phi) is 6.59. The zero-order valence-corrected chi connectivity index (χ0v) is 23.8. The highest BCUT2D eigenvalue weighted by molar-refractivity contribution is 7.89. The van der Waals surface area contributed by atoms with E-state index in [2.05, 4.69) is 0 Å². The summed E-state index contributed by atoms with van der Waals surface area (Å²) in [6.45, 7) is 5.46. The number of hydrogen-bond acceptors (Lipinski definition) is 8. The van der Waals surface area contributed by atoms with Crippen LogP contribution in [-0.4, -0.2) is 78.6 Å². The van der Waals surface area contributed by atoms with Crippen LogP contribution in [0.2, 0.25) is 0 Å². The molecule has 4 bridgehead atoms. The molecule has 2 aliphatic carbocycles. The molecule has 13 heteroatoms. The van der Waals surface area contributed by atoms with Gasteiger partial charge in [-0.15, -0.1) is 0 Å². The van der Waals surface area contributed by atoms with Crippen LogP contribution < -0.4 is 0 Å². The number of urea groups is 1. The predicted octanol–water partition coefficient (Wildman–Crippen LogP) is 3.23. The first-order chi connectivity index (χ1) is 17.7. The molecule has 1 aromatic carbocycles. The number of cyclic esters (lactones) is 1. The van der Waals surface area contributed by atoms with Crippen LogP contribution >= 0.6 is 23.2 Å². The summed E-state index contributed by atoms with van der Waals surface area (Å²) in [6.07, 6.45) is -0.406. The van der Waals surface area contributed by atoms with E-state index in [0.717, 1.165) is 16.9 Å². The Morgan fingerprint density at radius 2 is 1.74 bits per heavy atom. The van der Waals surface area contributed by atoms with E-state index >= 15 is 0 Å². The van der Waals surface area contributed by atoms with Gasteiger partial charge in [-0.05, 0) is 49.7 Å². The van der Waals surface area contributed by atoms with Crippen LogP contribution in [0.5, 0.6) is 0 Å². The van der Waals surface area contributed by atoms with E-state index < -0.39 is 61.5 Å². The Bertz CT molecular complexity index is 1280. The summed E-state index contributed by atoms with van der Waals surface area (Å²) >= 11 is 13.1. The number of halogens is 2. The second kappa shape index (κ2) is 9.05. The van der Waals surface area contributed by atoms with Gasteiger partial charge in [0, 0.05) is 7.11 Å². The third kappa shape index (κ3) is 3.58. The quantitative estimate of drug-likeness (QED) is 0.390. The summed E-state index contributed by atoms with van der Waals surface area (Å²) < 4.78 is 42.6. The van der Waals surface area contributed by atoms with Crippen molar-refractivity contribution < 1.29 is 37.0 Å². The van der Waals surface area contributed by atoms with Gasteiger partial charge >= 0.3 is 12.0 Å². The largest absolute Gasteiger partial charge is 0.461 e. The number of amides is 3. The van der Waals surface area contributed by atoms with Crippen molar-refractivity contribution in [3.8, 4) is 0 Å². The Morgan fingerprint density at radius 1 is 1.08 bits per heavy atom. The summed E-state index contributed by atoms with van der Waals surface area (Å²) in [5, 5.41) is 0. The summed E-state index contributed by atoms with van der Waals surface area (Å²) in [7, 11) is -3.47. The number of aryl methyl sites for hydroxylation is 1. The number of fused-ring (bicyclic) bond motifs is 3. The fraction of sp³-hybridized carbons (Fsp3) is 0.640. The molecule has 3 amide bonds. The Balaban J connectivity index is 1.72. The van der Waals surface area contributed by atoms with Crippen LogP contribution in [0.1, 0.15) is 38.7 Å². The predicted molar refractivity (Wildman–Crippen MR) is 136 cm³/mol. The van der Waals surface area contributed by atoms with Crippen molar-refractivity contribution in [2.45, 2.75) is 67.6 Å². The van der Waals surface area contributed by atoms with Gasteiger partial charge < -0.3 is 14.2 Å². The van der Waals surface area contributed by atoms with Gasteiger partial charge in [-0.3, -0.25) is 4.79 Å². The Labute approximate surface area is 231 Å². The van der Waals surface area contributed by atoms with Crippen molar-refractivity contribution in [3.05, 3.63) is 29.8 Å². The van der Waals surface area contributed by atoms with E-state index in [-0.39, 0.29) is 24.0 Å². The van der Waals surface area contributed by atoms with Crippen LogP contribution in [0, 0.1) is 23.7 Å². The maximum Gasteiger partial charge on any atom is 0.345 e. The number of esters is 1. The first-order valence-corrected chi connectivity index (χ1v) is 14.6. The second-order valence-corrected chi connectivity index (χ2v) is 14.1. The first kappa shape index (κ1) is 27.6. The lowest BCUT2D eigenvalue weighted by atomic mass is 9.67. The number of sulfonamides is 1. The molecule has 4 fully saturated rings. The fourth-order valence-electron chi connectivity index (χ4n) is 6.81. The molecule has 10 nitrogen and oxygen atoms in total. The van der Waals surface area contributed by atoms with E-state index in [4.69, 9.17) is 37.4 Å². The van der Waals surface area contributed by atoms with E-state index in [9.17, 15) is 22.8 Å². The minimum atomic E-state index is -4.66. The molecule has 1 aromatic rings. The number of alkyl halides is 2. The number of hydrogen-bond donors (Lipinski definition) is 0. The average Bonchev–Trinajstić information content (AvgIpc) is 3.40. The lowest BCUT2D eigenvalue weighted by Crippen LogP contribution is -2.59. The number of benzene rings is 1. The van der Waals surface area contributed by atoms with Gasteiger partial charge in [0.2, 0.25) is 10.2 Å². The van der Waals surface area contributed by atoms with Crippen molar-refractivity contribution in [1.29, 1.82) is 0 Å². The SMILES string of the molecule is CO[C@H]1[C@H]2N(S(=O)(=O)c3ccc(C)cc3)C(=O)N1C(=O)[C@]13CC[C@H](C[C@H]1OCCOC(=O)C2(Cl)Cl)C3(C)C. The smallest absolute Gasteiger partial charge is 0.345 e. The van der Waals surface area contributed by atoms with Gasteiger partial charge in [0.05, 0.1) is 23.0 Å². The molecule has 0 aromatic heterocycles. The molecule has 2 aliphatic heterocycles. The Morgan fingerprint density at radius 3 is 2.34 bits per heavy atom. The lowest BCUT2D eigenvalue weighted by molar-refractivity contribution is -0.169. The van der Waals surface area contributed by atoms with E-state index in [1.165, 1.54) is 19.2 Å². The molecule has 5 atom stereocenters. The summed E-state index contributed by atoms with van der Waals surface area (Å²) in [6, 6.07) is 2.73. The molecule has 1 spiro atoms. The summed E-state index contributed by atoms with van der Waals surface area (Å²) in [4.78, 5) is 42.2. The molecule has 5 rings (SSSR count). The van der Waals surface area contributed by atoms with Crippen LogP contribution in [0.3, 0.4) is 0 Å². The molecule has 2 saturated carbocycles. The standard InChI is InChI=1S/C25H30Cl2N2O8S/c1-14-5-7-16(8-6-14)38(33,34)29-18-19(35-4)28(22(29)32)20(30)24-10-9-15(23(24,2)3)13-17(24)36-11-12-37-21(31)25(18,26)27/h5-8,15,17-19H,9-13H2,1-4H3/t15-,17-,18-,19+,24+/m1/s1. The minimum Gasteiger partial charge on any atom is -0.461 e. The Hall–Kier alpha value is -1.92. The maximum atomic E-state index is 14.5. The number of carbonyl (C=O) groups is 3. The van der Waals surface area contributed by atoms with Gasteiger partial charge in [0.15, 0.2) is 6.23 Å². The molecule has 0 unspecified atom stereocenters. The van der Waals surface area contributed by atoms with Crippen molar-refractivity contribution in [2.24, 2.45) is 16.7 Å². The van der Waals surface area contributed by atoms with E-state index in [1.807, 2.05) is 13.8 Å². The number of ether oxygens (including phenoxy) is 3. The average molecular weight is 589 g/mol. The topological polar surface area (TPSA) is 120 Å². The highest BCUT2D eigenvalue weighted by Crippen LogP contribution is 2.67. The molecule has 4 aliphatic rings. The van der Waals surface area contributed by atoms with Crippen LogP contribution in [0.15, 0.2) is 29.2 Å². The van der Waals surface area contributed by atoms with Gasteiger partial charge in [-0.25, -0.2) is 27.2 Å². The van der Waals surface area contributed by atoms with Gasteiger partial charge in [-0.1, -0.05) is 54.7 Å². The van der Waals surface area contributed by atoms with E-state index in [1.54, 1.807) is 19.1 Å². The summed E-state index contributed by atoms with van der Waals surface area (Å²) in [5.41, 5.74) is -0.913. The normalized spacial score (nSPS) is 34.5. The molecular formula is C25H30Cl2N2O8S. The zero-order valence-electron chi connectivity index (χ0n) is 21.5. The molecule has 0 N–H and O–H groups in total. The van der Waals surface area contributed by atoms with Crippen molar-refractivity contribution in [2.75, 3.05) is 20.3 Å². The minimum absolute atomic E-state index is 0.0181. The molecule has 38 heavy (non-hydrogen) atoms. The maximum absolute atomic E-state index is 14.5. The number of imide groups is 1. The first-order valence-electron chi connectivity index (χ1n) is 12.4. The number of methoxy groups -OCH3 is 1. The zero-order chi connectivity index (χ0) is 27.8. The monoisotopic (exact) mass is 588 g/mol. The van der Waals surface area contributed by atoms with Crippen LogP contribution in [0.25, 0.3) is 0 Å². The van der Waals surface area contributed by atoms with Crippen LogP contribution in [0.4, 0.5) is 4.79 Å². The van der Waals surface area contributed by atoms with Crippen molar-refractivity contribution in [1.82, 2.24) is 9.21 Å². The highest BCUT2D eigenvalue weighted by Gasteiger charge is 2.73. The second-order valence-electron chi connectivity index (χ2n) is 10.9. The van der Waals surface area contributed by atoms with Crippen molar-refractivity contribution >= 4 is 51.1 Å². The number of carbonyl (C=O) groups excluding carboxylic acids is 3. The van der Waals surface area contributed by atoms with Crippen molar-refractivity contribution in [3.63, 3.8) is 0 Å². The molecular weight excluding hydrogens is 559 g/mol. The van der Waals surface area contributed by atoms with Gasteiger partial charge in [-0.2, -0.15) is 0 Å². The molecule has 2 heterocycles. The van der Waals surface area contributed by atoms with E-state index in [0.29, 0.717) is 17.1 Å². The summed E-state index contributed by atoms with van der Waals surface area (Å²) in [5.74, 6) is -1.67. The fourth-order valence-corrected chi connectivity index (χ4v) is 9.01. The van der Waals surface area contributed by atoms with Gasteiger partial charge in [0.1, 0.15) is 12.6 Å². The third-order valence-electron chi connectivity index (χ3n) is 8.98. The lowest BCUT2D eigenvalue weighted by Gasteiger charge is -2.43. The molecule has 2 saturated heterocycles. The number of rotatable bonds is 3. The van der Waals surface area contributed by atoms with Crippen LogP contribution in [-0.2, 0) is 33.8 Å². The molecule has 208 valence electrons. The highest BCUT2D eigenvalue weighted by atomic mass is 35.5. The molecule has 0 radical (unpaired) electrons. The number of nitrogens with zero attached hydrogens (tertiary/aromatic N) is 2.